The van der Waals surface area contributed by atoms with Gasteiger partial charge in [0.15, 0.2) is 0 Å². The third kappa shape index (κ3) is 3.55. The van der Waals surface area contributed by atoms with E-state index in [4.69, 9.17) is 14.7 Å². The third-order valence-electron chi connectivity index (χ3n) is 7.19. The topological polar surface area (TPSA) is 69.9 Å². The average molecular weight is 437 g/mol. The van der Waals surface area contributed by atoms with Crippen LogP contribution >= 0.6 is 0 Å². The Balaban J connectivity index is 1.52. The maximum atomic E-state index is 10.3. The lowest BCUT2D eigenvalue weighted by atomic mass is 10.2. The number of phenolic OH excluding ortho intramolecular Hbond substituents is 1. The number of anilines is 2. The van der Waals surface area contributed by atoms with Crippen molar-refractivity contribution >= 4 is 33.7 Å². The van der Waals surface area contributed by atoms with Crippen LogP contribution < -0.4 is 9.80 Å². The van der Waals surface area contributed by atoms with Crippen LogP contribution in [0.3, 0.4) is 0 Å². The lowest BCUT2D eigenvalue weighted by Crippen LogP contribution is -2.38. The Hall–Kier alpha value is -2.58. The SMILES string of the molecule is Oc1ccc2c(c1)c1c(N3CCCC3)nc(N3CCCC3)nc1n2CCN1CCOCC1. The number of fused-ring (bicyclic) bond motifs is 3. The molecule has 0 amide bonds. The van der Waals surface area contributed by atoms with E-state index in [1.807, 2.05) is 12.1 Å². The summed E-state index contributed by atoms with van der Waals surface area (Å²) < 4.78 is 7.88. The molecular weight excluding hydrogens is 404 g/mol. The molecule has 8 heteroatoms. The molecule has 1 N–H and O–H groups in total. The van der Waals surface area contributed by atoms with Crippen LogP contribution in [-0.4, -0.2) is 83.6 Å². The van der Waals surface area contributed by atoms with Gasteiger partial charge in [-0.1, -0.05) is 0 Å². The molecule has 0 radical (unpaired) electrons. The van der Waals surface area contributed by atoms with E-state index in [2.05, 4.69) is 19.3 Å². The van der Waals surface area contributed by atoms with Crippen LogP contribution in [0.15, 0.2) is 18.2 Å². The first-order valence-corrected chi connectivity index (χ1v) is 12.1. The van der Waals surface area contributed by atoms with E-state index < -0.39 is 0 Å². The molecule has 0 aliphatic carbocycles. The van der Waals surface area contributed by atoms with Crippen LogP contribution in [0.1, 0.15) is 25.7 Å². The molecule has 3 fully saturated rings. The summed E-state index contributed by atoms with van der Waals surface area (Å²) in [5.41, 5.74) is 2.12. The van der Waals surface area contributed by atoms with E-state index in [0.29, 0.717) is 5.75 Å². The number of phenols is 1. The Morgan fingerprint density at radius 2 is 1.56 bits per heavy atom. The van der Waals surface area contributed by atoms with Crippen LogP contribution in [0.25, 0.3) is 21.9 Å². The minimum Gasteiger partial charge on any atom is -0.508 e. The molecule has 5 heterocycles. The number of hydrogen-bond donors (Lipinski definition) is 1. The molecule has 1 aromatic carbocycles. The molecule has 2 aromatic heterocycles. The molecule has 0 atom stereocenters. The van der Waals surface area contributed by atoms with Crippen molar-refractivity contribution in [2.24, 2.45) is 0 Å². The minimum atomic E-state index is 0.292. The Morgan fingerprint density at radius 3 is 2.31 bits per heavy atom. The van der Waals surface area contributed by atoms with Gasteiger partial charge in [0.05, 0.1) is 24.1 Å². The predicted octanol–water partition coefficient (Wildman–Crippen LogP) is 2.82. The van der Waals surface area contributed by atoms with E-state index in [1.54, 1.807) is 6.07 Å². The highest BCUT2D eigenvalue weighted by Gasteiger charge is 2.26. The van der Waals surface area contributed by atoms with Gasteiger partial charge in [0.1, 0.15) is 17.2 Å². The largest absolute Gasteiger partial charge is 0.508 e. The molecule has 0 saturated carbocycles. The highest BCUT2D eigenvalue weighted by Crippen LogP contribution is 2.38. The zero-order valence-corrected chi connectivity index (χ0v) is 18.7. The zero-order valence-electron chi connectivity index (χ0n) is 18.7. The molecule has 0 spiro atoms. The van der Waals surface area contributed by atoms with Crippen LogP contribution in [0.5, 0.6) is 5.75 Å². The lowest BCUT2D eigenvalue weighted by molar-refractivity contribution is 0.0366. The summed E-state index contributed by atoms with van der Waals surface area (Å²) in [5, 5.41) is 12.5. The Kier molecular flexibility index (Phi) is 5.27. The van der Waals surface area contributed by atoms with Crippen molar-refractivity contribution in [1.29, 1.82) is 0 Å². The molecule has 6 rings (SSSR count). The highest BCUT2D eigenvalue weighted by molar-refractivity contribution is 6.12. The summed E-state index contributed by atoms with van der Waals surface area (Å²) in [6.07, 6.45) is 4.81. The number of nitrogens with zero attached hydrogens (tertiary/aromatic N) is 6. The summed E-state index contributed by atoms with van der Waals surface area (Å²) >= 11 is 0. The first-order chi connectivity index (χ1) is 15.8. The molecule has 8 nitrogen and oxygen atoms in total. The van der Waals surface area contributed by atoms with Gasteiger partial charge in [-0.2, -0.15) is 9.97 Å². The normalized spacial score (nSPS) is 20.2. The Morgan fingerprint density at radius 1 is 0.844 bits per heavy atom. The molecule has 0 unspecified atom stereocenters. The van der Waals surface area contributed by atoms with Crippen molar-refractivity contribution in [2.75, 3.05) is 68.8 Å². The van der Waals surface area contributed by atoms with Crippen molar-refractivity contribution in [2.45, 2.75) is 32.2 Å². The van der Waals surface area contributed by atoms with Gasteiger partial charge in [-0.05, 0) is 43.9 Å². The predicted molar refractivity (Wildman–Crippen MR) is 127 cm³/mol. The van der Waals surface area contributed by atoms with E-state index in [9.17, 15) is 5.11 Å². The Labute approximate surface area is 188 Å². The molecular formula is C24H32N6O2. The molecule has 0 bridgehead atoms. The molecule has 3 aromatic rings. The second-order valence-electron chi connectivity index (χ2n) is 9.24. The molecule has 3 saturated heterocycles. The summed E-state index contributed by atoms with van der Waals surface area (Å²) in [7, 11) is 0. The fraction of sp³-hybridized carbons (Fsp3) is 0.583. The third-order valence-corrected chi connectivity index (χ3v) is 7.19. The van der Waals surface area contributed by atoms with Gasteiger partial charge in [-0.3, -0.25) is 4.90 Å². The highest BCUT2D eigenvalue weighted by atomic mass is 16.5. The van der Waals surface area contributed by atoms with Crippen molar-refractivity contribution in [3.63, 3.8) is 0 Å². The van der Waals surface area contributed by atoms with Crippen LogP contribution in [-0.2, 0) is 11.3 Å². The van der Waals surface area contributed by atoms with Crippen LogP contribution in [0.4, 0.5) is 11.8 Å². The Bertz CT molecular complexity index is 1110. The summed E-state index contributed by atoms with van der Waals surface area (Å²) in [5.74, 6) is 2.19. The number of benzene rings is 1. The summed E-state index contributed by atoms with van der Waals surface area (Å²) in [6.45, 7) is 9.51. The maximum absolute atomic E-state index is 10.3. The molecule has 170 valence electrons. The second-order valence-corrected chi connectivity index (χ2v) is 9.24. The van der Waals surface area contributed by atoms with E-state index in [0.717, 1.165) is 99.3 Å². The fourth-order valence-electron chi connectivity index (χ4n) is 5.45. The van der Waals surface area contributed by atoms with Gasteiger partial charge in [-0.15, -0.1) is 0 Å². The smallest absolute Gasteiger partial charge is 0.229 e. The van der Waals surface area contributed by atoms with Crippen molar-refractivity contribution in [3.8, 4) is 5.75 Å². The number of aromatic hydroxyl groups is 1. The first-order valence-electron chi connectivity index (χ1n) is 12.1. The van der Waals surface area contributed by atoms with E-state index >= 15 is 0 Å². The summed E-state index contributed by atoms with van der Waals surface area (Å²) in [6, 6.07) is 5.72. The number of ether oxygens (including phenoxy) is 1. The van der Waals surface area contributed by atoms with Crippen LogP contribution in [0, 0.1) is 0 Å². The van der Waals surface area contributed by atoms with Crippen molar-refractivity contribution in [3.05, 3.63) is 18.2 Å². The van der Waals surface area contributed by atoms with Gasteiger partial charge in [0.25, 0.3) is 0 Å². The maximum Gasteiger partial charge on any atom is 0.229 e. The molecule has 32 heavy (non-hydrogen) atoms. The lowest BCUT2D eigenvalue weighted by Gasteiger charge is -2.27. The number of aromatic nitrogens is 3. The molecule has 3 aliphatic heterocycles. The van der Waals surface area contributed by atoms with Gasteiger partial charge < -0.3 is 24.2 Å². The van der Waals surface area contributed by atoms with Gasteiger partial charge in [0, 0.05) is 57.7 Å². The van der Waals surface area contributed by atoms with E-state index in [-0.39, 0.29) is 0 Å². The quantitative estimate of drug-likeness (QED) is 0.660. The van der Waals surface area contributed by atoms with Crippen molar-refractivity contribution in [1.82, 2.24) is 19.4 Å². The minimum absolute atomic E-state index is 0.292. The number of rotatable bonds is 5. The monoisotopic (exact) mass is 436 g/mol. The average Bonchev–Trinajstić information content (AvgIpc) is 3.58. The molecule has 3 aliphatic rings. The van der Waals surface area contributed by atoms with Gasteiger partial charge in [0.2, 0.25) is 5.95 Å². The zero-order chi connectivity index (χ0) is 21.5. The standard InChI is InChI=1S/C24H32N6O2/c31-18-5-6-20-19(17-18)21-22(28-7-1-2-8-28)25-24(29-9-3-4-10-29)26-23(21)30(20)12-11-27-13-15-32-16-14-27/h5-6,17,31H,1-4,7-16H2. The number of hydrogen-bond acceptors (Lipinski definition) is 7. The second kappa shape index (κ2) is 8.41. The first kappa shape index (κ1) is 20.1. The van der Waals surface area contributed by atoms with Gasteiger partial charge >= 0.3 is 0 Å². The van der Waals surface area contributed by atoms with Crippen LogP contribution in [0.2, 0.25) is 0 Å². The van der Waals surface area contributed by atoms with E-state index in [1.165, 1.54) is 25.7 Å². The van der Waals surface area contributed by atoms with Gasteiger partial charge in [-0.25, -0.2) is 0 Å². The number of morpholine rings is 1. The fourth-order valence-corrected chi connectivity index (χ4v) is 5.45. The summed E-state index contributed by atoms with van der Waals surface area (Å²) in [4.78, 5) is 17.5. The van der Waals surface area contributed by atoms with Crippen molar-refractivity contribution < 1.29 is 9.84 Å².